The Labute approximate surface area is 155 Å². The maximum atomic E-state index is 12.9. The molecular formula is C17H13BrN2O2S2. The van der Waals surface area contributed by atoms with Crippen LogP contribution in [0.1, 0.15) is 14.6 Å². The molecule has 0 radical (unpaired) electrons. The Morgan fingerprint density at radius 1 is 0.833 bits per heavy atom. The monoisotopic (exact) mass is 420 g/mol. The Morgan fingerprint density at radius 2 is 1.33 bits per heavy atom. The lowest BCUT2D eigenvalue weighted by Crippen LogP contribution is -2.24. The summed E-state index contributed by atoms with van der Waals surface area (Å²) in [5.41, 5.74) is 2.45. The topological polar surface area (TPSA) is 40.6 Å². The molecule has 7 heteroatoms. The fraction of sp³-hybridized carbons (Fsp3) is 0.176. The van der Waals surface area contributed by atoms with Gasteiger partial charge in [-0.15, -0.1) is 22.7 Å². The molecule has 0 atom stereocenters. The normalized spacial score (nSPS) is 17.7. The van der Waals surface area contributed by atoms with E-state index in [4.69, 9.17) is 0 Å². The minimum absolute atomic E-state index is 0.122. The van der Waals surface area contributed by atoms with E-state index in [2.05, 4.69) is 15.9 Å². The van der Waals surface area contributed by atoms with E-state index >= 15 is 0 Å². The Bertz CT molecular complexity index is 889. The van der Waals surface area contributed by atoms with Crippen molar-refractivity contribution in [3.63, 3.8) is 0 Å². The van der Waals surface area contributed by atoms with Crippen molar-refractivity contribution in [1.82, 2.24) is 9.80 Å². The largest absolute Gasteiger partial charge is 0.309 e. The van der Waals surface area contributed by atoms with Crippen molar-refractivity contribution < 1.29 is 9.59 Å². The van der Waals surface area contributed by atoms with Gasteiger partial charge in [0, 0.05) is 19.0 Å². The van der Waals surface area contributed by atoms with E-state index in [1.54, 1.807) is 35.2 Å². The van der Waals surface area contributed by atoms with Crippen LogP contribution in [0.25, 0.3) is 11.4 Å². The van der Waals surface area contributed by atoms with Crippen LogP contribution in [-0.4, -0.2) is 35.7 Å². The van der Waals surface area contributed by atoms with Crippen molar-refractivity contribution in [2.45, 2.75) is 6.92 Å². The summed E-state index contributed by atoms with van der Waals surface area (Å²) in [5.74, 6) is -0.244. The molecule has 2 amide bonds. The number of fused-ring (bicyclic) bond motifs is 1. The van der Waals surface area contributed by atoms with Crippen LogP contribution in [0.15, 0.2) is 39.2 Å². The molecule has 0 aromatic carbocycles. The summed E-state index contributed by atoms with van der Waals surface area (Å²) in [5, 5.41) is 0. The molecule has 0 saturated heterocycles. The molecule has 0 spiro atoms. The number of carbonyl (C=O) groups excluding carboxylic acids is 2. The lowest BCUT2D eigenvalue weighted by atomic mass is 10.1. The van der Waals surface area contributed by atoms with Gasteiger partial charge in [-0.2, -0.15) is 0 Å². The van der Waals surface area contributed by atoms with E-state index < -0.39 is 0 Å². The molecule has 2 aromatic heterocycles. The number of rotatable bonds is 2. The zero-order valence-corrected chi connectivity index (χ0v) is 16.4. The number of hydrogen-bond donors (Lipinski definition) is 0. The number of nitrogens with zero attached hydrogens (tertiary/aromatic N) is 2. The molecule has 2 aromatic rings. The lowest BCUT2D eigenvalue weighted by molar-refractivity contribution is -0.123. The molecule has 4 rings (SSSR count). The van der Waals surface area contributed by atoms with Gasteiger partial charge in [-0.05, 0) is 47.1 Å². The first-order valence-electron chi connectivity index (χ1n) is 7.27. The van der Waals surface area contributed by atoms with Crippen molar-refractivity contribution in [3.8, 4) is 0 Å². The smallest absolute Gasteiger partial charge is 0.261 e. The van der Waals surface area contributed by atoms with E-state index in [9.17, 15) is 9.59 Å². The average Bonchev–Trinajstić information content (AvgIpc) is 3.25. The molecule has 24 heavy (non-hydrogen) atoms. The van der Waals surface area contributed by atoms with Crippen LogP contribution < -0.4 is 0 Å². The van der Waals surface area contributed by atoms with Crippen molar-refractivity contribution in [1.29, 1.82) is 0 Å². The van der Waals surface area contributed by atoms with Crippen LogP contribution in [0.4, 0.5) is 0 Å². The van der Waals surface area contributed by atoms with Gasteiger partial charge >= 0.3 is 0 Å². The van der Waals surface area contributed by atoms with Gasteiger partial charge < -0.3 is 9.80 Å². The third-order valence-electron chi connectivity index (χ3n) is 4.21. The average molecular weight is 421 g/mol. The number of likely N-dealkylation sites (N-methyl/N-ethyl adjacent to an activating group) is 2. The number of aryl methyl sites for hydroxylation is 1. The van der Waals surface area contributed by atoms with E-state index in [0.29, 0.717) is 16.8 Å². The molecule has 0 fully saturated rings. The molecule has 0 N–H and O–H groups in total. The van der Waals surface area contributed by atoms with Gasteiger partial charge in [0.1, 0.15) is 0 Å². The molecule has 2 aliphatic heterocycles. The minimum atomic E-state index is -0.122. The molecule has 4 nitrogen and oxygen atoms in total. The van der Waals surface area contributed by atoms with E-state index in [1.165, 1.54) is 11.3 Å². The highest BCUT2D eigenvalue weighted by Gasteiger charge is 2.47. The van der Waals surface area contributed by atoms with Crippen LogP contribution in [0.3, 0.4) is 0 Å². The number of thiophene rings is 2. The second-order valence-corrected chi connectivity index (χ2v) is 9.44. The van der Waals surface area contributed by atoms with Crippen LogP contribution >= 0.6 is 38.6 Å². The zero-order chi connectivity index (χ0) is 17.2. The number of hydrogen-bond acceptors (Lipinski definition) is 4. The van der Waals surface area contributed by atoms with Crippen LogP contribution in [-0.2, 0) is 9.59 Å². The SMILES string of the molecule is Cc1ccc(C2=C3C(=O)N(C)C(c4ccc(Br)s4)=C3C(=O)N2C)s1. The summed E-state index contributed by atoms with van der Waals surface area (Å²) in [6.07, 6.45) is 0. The Hall–Kier alpha value is -1.70. The Balaban J connectivity index is 2.00. The molecule has 122 valence electrons. The first-order valence-corrected chi connectivity index (χ1v) is 9.70. The van der Waals surface area contributed by atoms with E-state index in [1.807, 2.05) is 31.2 Å². The molecule has 0 bridgehead atoms. The molecule has 4 heterocycles. The first kappa shape index (κ1) is 15.8. The van der Waals surface area contributed by atoms with E-state index in [-0.39, 0.29) is 11.8 Å². The summed E-state index contributed by atoms with van der Waals surface area (Å²) in [4.78, 5) is 32.0. The first-order chi connectivity index (χ1) is 11.4. The van der Waals surface area contributed by atoms with E-state index in [0.717, 1.165) is 24.1 Å². The van der Waals surface area contributed by atoms with Crippen molar-refractivity contribution >= 4 is 61.8 Å². The highest BCUT2D eigenvalue weighted by atomic mass is 79.9. The lowest BCUT2D eigenvalue weighted by Gasteiger charge is -2.18. The standard InChI is InChI=1S/C17H13BrN2O2S2/c1-8-4-5-9(23-8)14-12-13(17(22)19(14)2)15(20(3)16(12)21)10-6-7-11(18)24-10/h4-7H,1-3H3. The minimum Gasteiger partial charge on any atom is -0.309 e. The summed E-state index contributed by atoms with van der Waals surface area (Å²) in [6.45, 7) is 2.02. The van der Waals surface area contributed by atoms with Crippen molar-refractivity contribution in [3.05, 3.63) is 53.8 Å². The number of halogens is 1. The van der Waals surface area contributed by atoms with Gasteiger partial charge in [-0.1, -0.05) is 0 Å². The van der Waals surface area contributed by atoms with Crippen LogP contribution in [0, 0.1) is 6.92 Å². The van der Waals surface area contributed by atoms with Gasteiger partial charge in [0.05, 0.1) is 36.1 Å². The maximum absolute atomic E-state index is 12.9. The van der Waals surface area contributed by atoms with Gasteiger partial charge in [0.15, 0.2) is 0 Å². The predicted octanol–water partition coefficient (Wildman–Crippen LogP) is 3.95. The van der Waals surface area contributed by atoms with Crippen LogP contribution in [0.5, 0.6) is 0 Å². The Morgan fingerprint density at radius 3 is 1.75 bits per heavy atom. The third-order valence-corrected chi connectivity index (χ3v) is 6.85. The molecule has 2 aliphatic rings. The summed E-state index contributed by atoms with van der Waals surface area (Å²) in [7, 11) is 3.47. The maximum Gasteiger partial charge on any atom is 0.261 e. The number of carbonyl (C=O) groups is 2. The summed E-state index contributed by atoms with van der Waals surface area (Å²) in [6, 6.07) is 7.85. The zero-order valence-electron chi connectivity index (χ0n) is 13.2. The fourth-order valence-corrected chi connectivity index (χ4v) is 5.54. The molecule has 0 saturated carbocycles. The second kappa shape index (κ2) is 5.40. The van der Waals surface area contributed by atoms with Gasteiger partial charge in [0.25, 0.3) is 11.8 Å². The summed E-state index contributed by atoms with van der Waals surface area (Å²) < 4.78 is 0.969. The highest BCUT2D eigenvalue weighted by Crippen LogP contribution is 2.47. The van der Waals surface area contributed by atoms with Gasteiger partial charge in [0.2, 0.25) is 0 Å². The Kier molecular flexibility index (Phi) is 3.56. The fourth-order valence-electron chi connectivity index (χ4n) is 3.11. The molecule has 0 unspecified atom stereocenters. The third kappa shape index (κ3) is 2.08. The number of amides is 2. The van der Waals surface area contributed by atoms with Crippen LogP contribution in [0.2, 0.25) is 0 Å². The van der Waals surface area contributed by atoms with Crippen molar-refractivity contribution in [2.24, 2.45) is 0 Å². The predicted molar refractivity (Wildman–Crippen MR) is 100 cm³/mol. The van der Waals surface area contributed by atoms with Gasteiger partial charge in [-0.25, -0.2) is 0 Å². The summed E-state index contributed by atoms with van der Waals surface area (Å²) >= 11 is 6.56. The van der Waals surface area contributed by atoms with Gasteiger partial charge in [-0.3, -0.25) is 9.59 Å². The van der Waals surface area contributed by atoms with Crippen molar-refractivity contribution in [2.75, 3.05) is 14.1 Å². The molecule has 0 aliphatic carbocycles. The molecular weight excluding hydrogens is 408 g/mol. The highest BCUT2D eigenvalue weighted by molar-refractivity contribution is 9.11. The quantitative estimate of drug-likeness (QED) is 0.737. The second-order valence-electron chi connectivity index (χ2n) is 5.69.